The molecule has 1 N–H and O–H groups in total. The molecular weight excluding hydrogens is 390 g/mol. The van der Waals surface area contributed by atoms with Crippen LogP contribution in [0.15, 0.2) is 71.3 Å². The third-order valence-electron chi connectivity index (χ3n) is 3.92. The molecule has 1 aromatic carbocycles. The molecule has 1 fully saturated rings. The Morgan fingerprint density at radius 2 is 1.96 bits per heavy atom. The average molecular weight is 410 g/mol. The van der Waals surface area contributed by atoms with E-state index in [9.17, 15) is 9.59 Å². The van der Waals surface area contributed by atoms with Gasteiger partial charge >= 0.3 is 0 Å². The fourth-order valence-corrected chi connectivity index (χ4v) is 3.97. The van der Waals surface area contributed by atoms with Crippen molar-refractivity contribution >= 4 is 52.0 Å². The van der Waals surface area contributed by atoms with Crippen molar-refractivity contribution in [3.63, 3.8) is 0 Å². The van der Waals surface area contributed by atoms with Crippen LogP contribution in [-0.4, -0.2) is 32.6 Å². The summed E-state index contributed by atoms with van der Waals surface area (Å²) in [5, 5.41) is 2.70. The average Bonchev–Trinajstić information content (AvgIpc) is 2.94. The van der Waals surface area contributed by atoms with Crippen molar-refractivity contribution in [2.24, 2.45) is 0 Å². The van der Waals surface area contributed by atoms with Crippen LogP contribution in [0.1, 0.15) is 18.9 Å². The van der Waals surface area contributed by atoms with E-state index in [0.29, 0.717) is 15.0 Å². The monoisotopic (exact) mass is 409 g/mol. The summed E-state index contributed by atoms with van der Waals surface area (Å²) in [6.45, 7) is 2.18. The predicted molar refractivity (Wildman–Crippen MR) is 118 cm³/mol. The number of pyridine rings is 1. The van der Waals surface area contributed by atoms with Crippen molar-refractivity contribution in [1.82, 2.24) is 9.88 Å². The number of hydrogen-bond donors (Lipinski definition) is 1. The lowest BCUT2D eigenvalue weighted by atomic mass is 10.1. The molecule has 0 radical (unpaired) electrons. The number of benzene rings is 1. The standard InChI is InChI=1S/C21H19N3O2S2/c1-15(13-16-7-3-2-4-8-16)14-17-20(26)24(21(27)28-17)12-10-19(25)23-18-9-5-6-11-22-18/h2-9,11,13-14H,10,12H2,1H3,(H,22,23,25)/b15-13-,17-14-. The number of carbonyl (C=O) groups excluding carboxylic acids is 2. The molecule has 3 rings (SSSR count). The third-order valence-corrected chi connectivity index (χ3v) is 5.30. The van der Waals surface area contributed by atoms with E-state index < -0.39 is 0 Å². The number of hydrogen-bond acceptors (Lipinski definition) is 5. The van der Waals surface area contributed by atoms with Crippen molar-refractivity contribution < 1.29 is 9.59 Å². The van der Waals surface area contributed by atoms with Gasteiger partial charge in [0.15, 0.2) is 0 Å². The lowest BCUT2D eigenvalue weighted by Crippen LogP contribution is -2.31. The minimum Gasteiger partial charge on any atom is -0.311 e. The van der Waals surface area contributed by atoms with Crippen LogP contribution in [0.3, 0.4) is 0 Å². The maximum absolute atomic E-state index is 12.7. The SMILES string of the molecule is CC(=C/c1ccccc1)/C=C1\SC(=S)N(CCC(=O)Nc2ccccn2)C1=O. The first-order valence-corrected chi connectivity index (χ1v) is 9.95. The van der Waals surface area contributed by atoms with E-state index >= 15 is 0 Å². The molecule has 5 nitrogen and oxygen atoms in total. The molecule has 0 unspecified atom stereocenters. The largest absolute Gasteiger partial charge is 0.311 e. The first kappa shape index (κ1) is 20.0. The number of thiocarbonyl (C=S) groups is 1. The summed E-state index contributed by atoms with van der Waals surface area (Å²) in [6.07, 6.45) is 5.59. The molecule has 2 heterocycles. The Morgan fingerprint density at radius 3 is 2.68 bits per heavy atom. The van der Waals surface area contributed by atoms with Gasteiger partial charge < -0.3 is 5.32 Å². The molecule has 28 heavy (non-hydrogen) atoms. The molecule has 142 valence electrons. The molecule has 1 aliphatic rings. The van der Waals surface area contributed by atoms with Crippen molar-refractivity contribution in [1.29, 1.82) is 0 Å². The van der Waals surface area contributed by atoms with Crippen molar-refractivity contribution in [2.45, 2.75) is 13.3 Å². The van der Waals surface area contributed by atoms with Gasteiger partial charge in [0.05, 0.1) is 4.91 Å². The smallest absolute Gasteiger partial charge is 0.266 e. The molecular formula is C21H19N3O2S2. The quantitative estimate of drug-likeness (QED) is 0.571. The Bertz CT molecular complexity index is 941. The Morgan fingerprint density at radius 1 is 1.21 bits per heavy atom. The first-order valence-electron chi connectivity index (χ1n) is 8.72. The van der Waals surface area contributed by atoms with Crippen molar-refractivity contribution in [2.75, 3.05) is 11.9 Å². The van der Waals surface area contributed by atoms with Gasteiger partial charge in [-0.05, 0) is 36.3 Å². The summed E-state index contributed by atoms with van der Waals surface area (Å²) in [6, 6.07) is 15.2. The summed E-state index contributed by atoms with van der Waals surface area (Å²) in [5.74, 6) is 0.109. The lowest BCUT2D eigenvalue weighted by molar-refractivity contribution is -0.122. The number of allylic oxidation sites excluding steroid dienone is 2. The molecule has 0 saturated carbocycles. The van der Waals surface area contributed by atoms with E-state index in [4.69, 9.17) is 12.2 Å². The number of thioether (sulfide) groups is 1. The Labute approximate surface area is 173 Å². The number of rotatable bonds is 6. The lowest BCUT2D eigenvalue weighted by Gasteiger charge is -2.13. The minimum absolute atomic E-state index is 0.148. The van der Waals surface area contributed by atoms with Crippen molar-refractivity contribution in [3.05, 3.63) is 76.8 Å². The molecule has 0 aliphatic carbocycles. The van der Waals surface area contributed by atoms with E-state index in [-0.39, 0.29) is 24.8 Å². The fourth-order valence-electron chi connectivity index (χ4n) is 2.61. The van der Waals surface area contributed by atoms with E-state index in [1.807, 2.05) is 49.4 Å². The van der Waals surface area contributed by atoms with Crippen LogP contribution in [0.5, 0.6) is 0 Å². The molecule has 1 aliphatic heterocycles. The number of nitrogens with zero attached hydrogens (tertiary/aromatic N) is 2. The van der Waals surface area contributed by atoms with E-state index in [0.717, 1.165) is 11.1 Å². The molecule has 2 amide bonds. The van der Waals surface area contributed by atoms with Crippen LogP contribution in [0.2, 0.25) is 0 Å². The second-order valence-corrected chi connectivity index (χ2v) is 7.82. The zero-order chi connectivity index (χ0) is 19.9. The second kappa shape index (κ2) is 9.43. The van der Waals surface area contributed by atoms with Gasteiger partial charge in [-0.1, -0.05) is 66.5 Å². The van der Waals surface area contributed by atoms with Crippen LogP contribution in [0, 0.1) is 0 Å². The topological polar surface area (TPSA) is 62.3 Å². The van der Waals surface area contributed by atoms with Crippen LogP contribution in [-0.2, 0) is 9.59 Å². The summed E-state index contributed by atoms with van der Waals surface area (Å²) in [4.78, 5) is 30.8. The number of aromatic nitrogens is 1. The number of carbonyl (C=O) groups is 2. The molecule has 1 aromatic heterocycles. The molecule has 7 heteroatoms. The fraction of sp³-hybridized carbons (Fsp3) is 0.143. The van der Waals surface area contributed by atoms with Crippen LogP contribution < -0.4 is 5.32 Å². The van der Waals surface area contributed by atoms with Crippen LogP contribution in [0.25, 0.3) is 6.08 Å². The highest BCUT2D eigenvalue weighted by atomic mass is 32.2. The van der Waals surface area contributed by atoms with Gasteiger partial charge in [-0.3, -0.25) is 14.5 Å². The molecule has 1 saturated heterocycles. The maximum atomic E-state index is 12.7. The number of anilines is 1. The van der Waals surface area contributed by atoms with Gasteiger partial charge in [-0.2, -0.15) is 0 Å². The highest BCUT2D eigenvalue weighted by molar-refractivity contribution is 8.26. The van der Waals surface area contributed by atoms with Gasteiger partial charge in [0.25, 0.3) is 5.91 Å². The zero-order valence-electron chi connectivity index (χ0n) is 15.3. The van der Waals surface area contributed by atoms with Gasteiger partial charge in [-0.25, -0.2) is 4.98 Å². The zero-order valence-corrected chi connectivity index (χ0v) is 16.9. The van der Waals surface area contributed by atoms with Gasteiger partial charge in [0.1, 0.15) is 10.1 Å². The molecule has 2 aromatic rings. The molecule has 0 bridgehead atoms. The normalized spacial score (nSPS) is 16.0. The number of nitrogens with one attached hydrogen (secondary N) is 1. The summed E-state index contributed by atoms with van der Waals surface area (Å²) in [5.41, 5.74) is 2.03. The minimum atomic E-state index is -0.211. The first-order chi connectivity index (χ1) is 13.5. The van der Waals surface area contributed by atoms with Gasteiger partial charge in [0.2, 0.25) is 5.91 Å². The van der Waals surface area contributed by atoms with E-state index in [2.05, 4.69) is 10.3 Å². The second-order valence-electron chi connectivity index (χ2n) is 6.15. The summed E-state index contributed by atoms with van der Waals surface area (Å²) >= 11 is 6.58. The van der Waals surface area contributed by atoms with E-state index in [1.165, 1.54) is 16.7 Å². The summed E-state index contributed by atoms with van der Waals surface area (Å²) in [7, 11) is 0. The van der Waals surface area contributed by atoms with Gasteiger partial charge in [-0.15, -0.1) is 0 Å². The van der Waals surface area contributed by atoms with Crippen molar-refractivity contribution in [3.8, 4) is 0 Å². The van der Waals surface area contributed by atoms with Crippen LogP contribution >= 0.6 is 24.0 Å². The Hall–Kier alpha value is -2.77. The highest BCUT2D eigenvalue weighted by Crippen LogP contribution is 2.32. The number of amides is 2. The van der Waals surface area contributed by atoms with E-state index in [1.54, 1.807) is 24.4 Å². The summed E-state index contributed by atoms with van der Waals surface area (Å²) < 4.78 is 0.467. The van der Waals surface area contributed by atoms with Crippen LogP contribution in [0.4, 0.5) is 5.82 Å². The molecule has 0 spiro atoms. The Balaban J connectivity index is 1.60. The Kier molecular flexibility index (Phi) is 6.73. The molecule has 0 atom stereocenters. The third kappa shape index (κ3) is 5.37. The van der Waals surface area contributed by atoms with Gasteiger partial charge in [0, 0.05) is 19.2 Å². The highest BCUT2D eigenvalue weighted by Gasteiger charge is 2.32. The maximum Gasteiger partial charge on any atom is 0.266 e. The predicted octanol–water partition coefficient (Wildman–Crippen LogP) is 4.26.